The number of rotatable bonds is 5. The highest BCUT2D eigenvalue weighted by Crippen LogP contribution is 2.09. The molecule has 0 aromatic heterocycles. The van der Waals surface area contributed by atoms with E-state index in [0.717, 1.165) is 68.1 Å². The van der Waals surface area contributed by atoms with Gasteiger partial charge >= 0.3 is 5.97 Å². The molecule has 0 amide bonds. The van der Waals surface area contributed by atoms with Gasteiger partial charge in [0, 0.05) is 0 Å². The molecule has 2 fully saturated rings. The molecule has 0 unspecified atom stereocenters. The van der Waals surface area contributed by atoms with Gasteiger partial charge < -0.3 is 23.2 Å². The van der Waals surface area contributed by atoms with Crippen LogP contribution in [0.4, 0.5) is 0 Å². The normalized spacial score (nSPS) is 25.1. The molecule has 0 aromatic rings. The number of hydrogen-bond donors (Lipinski definition) is 0. The van der Waals surface area contributed by atoms with Gasteiger partial charge in [0.1, 0.15) is 39.3 Å². The van der Waals surface area contributed by atoms with Crippen molar-refractivity contribution in [1.29, 1.82) is 0 Å². The third-order valence-electron chi connectivity index (χ3n) is 4.51. The zero-order valence-electron chi connectivity index (χ0n) is 12.8. The molecule has 116 valence electrons. The topological polar surface area (TPSA) is 44.8 Å². The summed E-state index contributed by atoms with van der Waals surface area (Å²) in [6.45, 7) is 8.70. The van der Waals surface area contributed by atoms with Crippen molar-refractivity contribution in [3.8, 4) is 0 Å². The summed E-state index contributed by atoms with van der Waals surface area (Å²) in [5, 5.41) is 0. The van der Waals surface area contributed by atoms with Gasteiger partial charge in [-0.1, -0.05) is 0 Å². The summed E-state index contributed by atoms with van der Waals surface area (Å²) in [7, 11) is 4.30. The van der Waals surface area contributed by atoms with Crippen LogP contribution in [0.25, 0.3) is 0 Å². The van der Waals surface area contributed by atoms with E-state index in [-0.39, 0.29) is 5.97 Å². The highest BCUT2D eigenvalue weighted by atomic mass is 16.5. The molecule has 0 aliphatic carbocycles. The Balaban J connectivity index is 1.67. The first-order valence-corrected chi connectivity index (χ1v) is 7.50. The van der Waals surface area contributed by atoms with Crippen LogP contribution in [0.15, 0.2) is 0 Å². The maximum atomic E-state index is 12.0. The van der Waals surface area contributed by atoms with Crippen molar-refractivity contribution < 1.29 is 28.0 Å². The Hall–Kier alpha value is -0.690. The highest BCUT2D eigenvalue weighted by Gasteiger charge is 2.30. The van der Waals surface area contributed by atoms with E-state index in [9.17, 15) is 4.79 Å². The van der Waals surface area contributed by atoms with Crippen LogP contribution in [-0.2, 0) is 19.0 Å². The summed E-state index contributed by atoms with van der Waals surface area (Å²) < 4.78 is 17.8. The molecule has 0 saturated carbocycles. The van der Waals surface area contributed by atoms with Gasteiger partial charge in [0.15, 0.2) is 6.54 Å². The Kier molecular flexibility index (Phi) is 5.37. The van der Waals surface area contributed by atoms with Crippen molar-refractivity contribution in [1.82, 2.24) is 0 Å². The second-order valence-corrected chi connectivity index (χ2v) is 6.46. The fourth-order valence-corrected chi connectivity index (χ4v) is 2.69. The number of carbonyl (C=O) groups excluding carboxylic acids is 1. The zero-order chi connectivity index (χ0) is 14.5. The molecular weight excluding hydrogens is 260 g/mol. The Morgan fingerprint density at radius 3 is 2.00 bits per heavy atom. The average molecular weight is 288 g/mol. The van der Waals surface area contributed by atoms with E-state index in [2.05, 4.69) is 14.1 Å². The second kappa shape index (κ2) is 6.85. The molecule has 2 heterocycles. The molecule has 0 atom stereocenters. The third kappa shape index (κ3) is 4.70. The van der Waals surface area contributed by atoms with Crippen LogP contribution in [0.5, 0.6) is 0 Å². The van der Waals surface area contributed by atoms with E-state index in [1.54, 1.807) is 0 Å². The van der Waals surface area contributed by atoms with Crippen LogP contribution in [0.2, 0.25) is 0 Å². The highest BCUT2D eigenvalue weighted by molar-refractivity contribution is 5.70. The number of ether oxygens (including phenoxy) is 3. The van der Waals surface area contributed by atoms with Crippen molar-refractivity contribution >= 4 is 5.97 Å². The standard InChI is InChI=1S/C14H28N2O4/c1-15(3-8-18-9-4-15)7-12-20-14(17)13-16(2)5-10-19-11-6-16/h3-13H2,1-2H3/q+2. The third-order valence-corrected chi connectivity index (χ3v) is 4.51. The molecule has 2 aliphatic rings. The first-order chi connectivity index (χ1) is 9.52. The number of morpholine rings is 2. The van der Waals surface area contributed by atoms with Crippen molar-refractivity contribution in [2.45, 2.75) is 0 Å². The predicted octanol–water partition coefficient (Wildman–Crippen LogP) is -0.517. The van der Waals surface area contributed by atoms with Gasteiger partial charge in [0.25, 0.3) is 0 Å². The van der Waals surface area contributed by atoms with Crippen molar-refractivity contribution in [2.24, 2.45) is 0 Å². The molecule has 2 rings (SSSR count). The first-order valence-electron chi connectivity index (χ1n) is 7.50. The smallest absolute Gasteiger partial charge is 0.361 e. The minimum absolute atomic E-state index is 0.0886. The van der Waals surface area contributed by atoms with Crippen LogP contribution in [-0.4, -0.2) is 101 Å². The Morgan fingerprint density at radius 1 is 0.950 bits per heavy atom. The van der Waals surface area contributed by atoms with E-state index >= 15 is 0 Å². The largest absolute Gasteiger partial charge is 0.456 e. The minimum Gasteiger partial charge on any atom is -0.456 e. The number of quaternary nitrogens is 2. The Bertz CT molecular complexity index is 323. The van der Waals surface area contributed by atoms with Gasteiger partial charge in [-0.2, -0.15) is 0 Å². The maximum absolute atomic E-state index is 12.0. The summed E-state index contributed by atoms with van der Waals surface area (Å²) >= 11 is 0. The molecule has 0 aromatic carbocycles. The summed E-state index contributed by atoms with van der Waals surface area (Å²) in [5.74, 6) is -0.0886. The lowest BCUT2D eigenvalue weighted by Crippen LogP contribution is -2.55. The summed E-state index contributed by atoms with van der Waals surface area (Å²) in [6, 6.07) is 0. The van der Waals surface area contributed by atoms with Crippen LogP contribution in [0, 0.1) is 0 Å². The van der Waals surface area contributed by atoms with Crippen LogP contribution in [0.3, 0.4) is 0 Å². The Morgan fingerprint density at radius 2 is 1.45 bits per heavy atom. The number of carbonyl (C=O) groups is 1. The summed E-state index contributed by atoms with van der Waals surface area (Å²) in [6.07, 6.45) is 0. The molecule has 20 heavy (non-hydrogen) atoms. The predicted molar refractivity (Wildman–Crippen MR) is 74.2 cm³/mol. The first kappa shape index (κ1) is 15.7. The second-order valence-electron chi connectivity index (χ2n) is 6.46. The lowest BCUT2D eigenvalue weighted by Gasteiger charge is -2.38. The zero-order valence-corrected chi connectivity index (χ0v) is 12.8. The lowest BCUT2D eigenvalue weighted by atomic mass is 10.3. The number of nitrogens with zero attached hydrogens (tertiary/aromatic N) is 2. The Labute approximate surface area is 121 Å². The van der Waals surface area contributed by atoms with Gasteiger partial charge in [0.2, 0.25) is 0 Å². The van der Waals surface area contributed by atoms with Gasteiger partial charge in [0.05, 0.1) is 40.5 Å². The molecule has 6 nitrogen and oxygen atoms in total. The van der Waals surface area contributed by atoms with Crippen molar-refractivity contribution in [2.75, 3.05) is 86.4 Å². The molecular formula is C14H28N2O4+2. The molecule has 0 bridgehead atoms. The molecule has 6 heteroatoms. The average Bonchev–Trinajstić information content (AvgIpc) is 2.39. The summed E-state index contributed by atoms with van der Waals surface area (Å²) in [4.78, 5) is 12.0. The van der Waals surface area contributed by atoms with Gasteiger partial charge in [-0.05, 0) is 0 Å². The van der Waals surface area contributed by atoms with Gasteiger partial charge in [-0.15, -0.1) is 0 Å². The van der Waals surface area contributed by atoms with E-state index in [4.69, 9.17) is 14.2 Å². The van der Waals surface area contributed by atoms with Gasteiger partial charge in [-0.3, -0.25) is 0 Å². The molecule has 2 aliphatic heterocycles. The number of likely N-dealkylation sites (N-methyl/N-ethyl adjacent to an activating group) is 2. The van der Waals surface area contributed by atoms with Crippen LogP contribution >= 0.6 is 0 Å². The monoisotopic (exact) mass is 288 g/mol. The number of hydrogen-bond acceptors (Lipinski definition) is 4. The molecule has 0 N–H and O–H groups in total. The molecule has 2 saturated heterocycles. The lowest BCUT2D eigenvalue weighted by molar-refractivity contribution is -0.917. The quantitative estimate of drug-likeness (QED) is 0.505. The van der Waals surface area contributed by atoms with E-state index in [1.165, 1.54) is 0 Å². The summed E-state index contributed by atoms with van der Waals surface area (Å²) in [5.41, 5.74) is 0. The van der Waals surface area contributed by atoms with E-state index in [1.807, 2.05) is 0 Å². The molecule has 0 spiro atoms. The van der Waals surface area contributed by atoms with Crippen LogP contribution in [0.1, 0.15) is 0 Å². The fourth-order valence-electron chi connectivity index (χ4n) is 2.69. The van der Waals surface area contributed by atoms with Crippen molar-refractivity contribution in [3.05, 3.63) is 0 Å². The SMILES string of the molecule is C[N+]1(CCOC(=O)C[N+]2(C)CCOCC2)CCOCC1. The van der Waals surface area contributed by atoms with E-state index < -0.39 is 0 Å². The minimum atomic E-state index is -0.0886. The van der Waals surface area contributed by atoms with Crippen LogP contribution < -0.4 is 0 Å². The fraction of sp³-hybridized carbons (Fsp3) is 0.929. The van der Waals surface area contributed by atoms with Crippen molar-refractivity contribution in [3.63, 3.8) is 0 Å². The van der Waals surface area contributed by atoms with E-state index in [0.29, 0.717) is 13.2 Å². The number of esters is 1. The van der Waals surface area contributed by atoms with Gasteiger partial charge in [-0.25, -0.2) is 4.79 Å². The maximum Gasteiger partial charge on any atom is 0.361 e. The molecule has 0 radical (unpaired) electrons.